The SMILES string of the molecule is CC(C)(C)OC(=O)NCC(=O)Nc1ccc(-c2ccc(C(=O)N[C@@H](CNC(=O)OC(C)(C)C)C(=O)NO)cc2)cc1. The summed E-state index contributed by atoms with van der Waals surface area (Å²) in [6, 6.07) is 12.2. The number of hydrogen-bond donors (Lipinski definition) is 6. The van der Waals surface area contributed by atoms with Crippen molar-refractivity contribution in [1.29, 1.82) is 0 Å². The van der Waals surface area contributed by atoms with Gasteiger partial charge in [0.05, 0.1) is 6.54 Å². The number of hydrogen-bond acceptors (Lipinski definition) is 8. The van der Waals surface area contributed by atoms with Gasteiger partial charge in [-0.3, -0.25) is 19.6 Å². The van der Waals surface area contributed by atoms with Crippen LogP contribution in [0.4, 0.5) is 15.3 Å². The van der Waals surface area contributed by atoms with Crippen LogP contribution in [0.1, 0.15) is 51.9 Å². The first-order valence-corrected chi connectivity index (χ1v) is 12.7. The normalized spacial score (nSPS) is 11.9. The molecule has 0 heterocycles. The Morgan fingerprint density at radius 2 is 1.24 bits per heavy atom. The second-order valence-corrected chi connectivity index (χ2v) is 10.9. The zero-order valence-corrected chi connectivity index (χ0v) is 23.9. The molecule has 0 spiro atoms. The van der Waals surface area contributed by atoms with Crippen LogP contribution in [-0.4, -0.2) is 65.4 Å². The number of rotatable bonds is 9. The van der Waals surface area contributed by atoms with Crippen molar-refractivity contribution in [1.82, 2.24) is 21.4 Å². The first-order valence-electron chi connectivity index (χ1n) is 12.7. The first-order chi connectivity index (χ1) is 19.1. The molecular formula is C28H37N5O8. The summed E-state index contributed by atoms with van der Waals surface area (Å²) in [6.45, 7) is 9.63. The molecule has 0 saturated heterocycles. The number of ether oxygens (including phenoxy) is 2. The van der Waals surface area contributed by atoms with Crippen molar-refractivity contribution in [2.75, 3.05) is 18.4 Å². The smallest absolute Gasteiger partial charge is 0.408 e. The highest BCUT2D eigenvalue weighted by Crippen LogP contribution is 2.22. The van der Waals surface area contributed by atoms with E-state index in [-0.39, 0.29) is 18.7 Å². The lowest BCUT2D eigenvalue weighted by molar-refractivity contribution is -0.131. The summed E-state index contributed by atoms with van der Waals surface area (Å²) in [5.41, 5.74) is 2.39. The largest absolute Gasteiger partial charge is 0.444 e. The van der Waals surface area contributed by atoms with Gasteiger partial charge in [0, 0.05) is 11.3 Å². The molecule has 0 aliphatic carbocycles. The number of hydroxylamine groups is 1. The molecule has 13 heteroatoms. The average molecular weight is 572 g/mol. The molecule has 0 aliphatic heterocycles. The Labute approximate surface area is 238 Å². The molecule has 1 atom stereocenters. The summed E-state index contributed by atoms with van der Waals surface area (Å²) < 4.78 is 10.2. The second kappa shape index (κ2) is 14.1. The highest BCUT2D eigenvalue weighted by atomic mass is 16.6. The molecule has 13 nitrogen and oxygen atoms in total. The van der Waals surface area contributed by atoms with E-state index in [1.807, 2.05) is 0 Å². The number of carbonyl (C=O) groups is 5. The standard InChI is InChI=1S/C28H37N5O8/c1-27(2,3)40-25(37)29-15-21(24(36)33-39)32-23(35)19-9-7-17(8-10-19)18-11-13-20(14-12-18)31-22(34)16-30-26(38)41-28(4,5)6/h7-14,21,39H,15-16H2,1-6H3,(H,29,37)(H,30,38)(H,31,34)(H,32,35)(H,33,36)/t21-/m0/s1. The maximum atomic E-state index is 12.7. The van der Waals surface area contributed by atoms with E-state index >= 15 is 0 Å². The van der Waals surface area contributed by atoms with Crippen LogP contribution in [0, 0.1) is 0 Å². The Morgan fingerprint density at radius 1 is 0.756 bits per heavy atom. The van der Waals surface area contributed by atoms with Crippen molar-refractivity contribution in [3.05, 3.63) is 54.1 Å². The summed E-state index contributed by atoms with van der Waals surface area (Å²) in [4.78, 5) is 60.4. The van der Waals surface area contributed by atoms with Crippen LogP contribution in [-0.2, 0) is 19.1 Å². The molecule has 5 amide bonds. The summed E-state index contributed by atoms with van der Waals surface area (Å²) in [6.07, 6.45) is -1.47. The Hall–Kier alpha value is -4.65. The van der Waals surface area contributed by atoms with Crippen LogP contribution >= 0.6 is 0 Å². The molecule has 41 heavy (non-hydrogen) atoms. The third-order valence-electron chi connectivity index (χ3n) is 5.02. The van der Waals surface area contributed by atoms with Crippen LogP contribution in [0.5, 0.6) is 0 Å². The lowest BCUT2D eigenvalue weighted by atomic mass is 10.0. The zero-order valence-electron chi connectivity index (χ0n) is 23.9. The van der Waals surface area contributed by atoms with Gasteiger partial charge in [-0.25, -0.2) is 15.1 Å². The molecule has 0 aromatic heterocycles. The average Bonchev–Trinajstić information content (AvgIpc) is 2.88. The van der Waals surface area contributed by atoms with E-state index in [4.69, 9.17) is 14.7 Å². The minimum atomic E-state index is -1.26. The Morgan fingerprint density at radius 3 is 1.73 bits per heavy atom. The van der Waals surface area contributed by atoms with Gasteiger partial charge in [-0.15, -0.1) is 0 Å². The highest BCUT2D eigenvalue weighted by molar-refractivity contribution is 5.98. The van der Waals surface area contributed by atoms with E-state index in [2.05, 4.69) is 21.3 Å². The van der Waals surface area contributed by atoms with E-state index in [0.29, 0.717) is 5.69 Å². The summed E-state index contributed by atoms with van der Waals surface area (Å²) in [7, 11) is 0. The monoisotopic (exact) mass is 571 g/mol. The lowest BCUT2D eigenvalue weighted by Gasteiger charge is -2.22. The maximum Gasteiger partial charge on any atom is 0.408 e. The van der Waals surface area contributed by atoms with Crippen LogP contribution in [0.3, 0.4) is 0 Å². The molecule has 0 fully saturated rings. The number of amides is 5. The van der Waals surface area contributed by atoms with Gasteiger partial charge in [-0.2, -0.15) is 0 Å². The van der Waals surface area contributed by atoms with Gasteiger partial charge in [0.15, 0.2) is 0 Å². The lowest BCUT2D eigenvalue weighted by Crippen LogP contribution is -2.52. The molecule has 6 N–H and O–H groups in total. The quantitative estimate of drug-likeness (QED) is 0.196. The van der Waals surface area contributed by atoms with Gasteiger partial charge in [0.25, 0.3) is 11.8 Å². The molecular weight excluding hydrogens is 534 g/mol. The minimum Gasteiger partial charge on any atom is -0.444 e. The van der Waals surface area contributed by atoms with Crippen LogP contribution in [0.25, 0.3) is 11.1 Å². The second-order valence-electron chi connectivity index (χ2n) is 10.9. The fraction of sp³-hybridized carbons (Fsp3) is 0.393. The van der Waals surface area contributed by atoms with Crippen molar-refractivity contribution in [2.45, 2.75) is 58.8 Å². The third-order valence-corrected chi connectivity index (χ3v) is 5.02. The fourth-order valence-electron chi connectivity index (χ4n) is 3.26. The van der Waals surface area contributed by atoms with Gasteiger partial charge >= 0.3 is 12.2 Å². The number of carbonyl (C=O) groups excluding carboxylic acids is 5. The Kier molecular flexibility index (Phi) is 11.2. The van der Waals surface area contributed by atoms with Crippen molar-refractivity contribution in [3.63, 3.8) is 0 Å². The summed E-state index contributed by atoms with van der Waals surface area (Å²) >= 11 is 0. The number of alkyl carbamates (subject to hydrolysis) is 2. The van der Waals surface area contributed by atoms with Crippen LogP contribution < -0.4 is 26.7 Å². The number of nitrogens with one attached hydrogen (secondary N) is 5. The van der Waals surface area contributed by atoms with Gasteiger partial charge in [0.1, 0.15) is 23.8 Å². The minimum absolute atomic E-state index is 0.239. The van der Waals surface area contributed by atoms with E-state index in [0.717, 1.165) is 11.1 Å². The molecule has 0 bridgehead atoms. The molecule has 0 radical (unpaired) electrons. The van der Waals surface area contributed by atoms with E-state index < -0.39 is 47.2 Å². The van der Waals surface area contributed by atoms with Crippen molar-refractivity contribution in [2.24, 2.45) is 0 Å². The molecule has 2 aromatic rings. The van der Waals surface area contributed by atoms with Crippen molar-refractivity contribution >= 4 is 35.6 Å². The fourth-order valence-corrected chi connectivity index (χ4v) is 3.26. The van der Waals surface area contributed by atoms with Gasteiger partial charge < -0.3 is 30.7 Å². The first kappa shape index (κ1) is 32.6. The van der Waals surface area contributed by atoms with Crippen molar-refractivity contribution in [3.8, 4) is 11.1 Å². The van der Waals surface area contributed by atoms with E-state index in [1.54, 1.807) is 90.1 Å². The molecule has 222 valence electrons. The van der Waals surface area contributed by atoms with Gasteiger partial charge in [-0.05, 0) is 76.9 Å². The van der Waals surface area contributed by atoms with Crippen molar-refractivity contribution < 1.29 is 38.7 Å². The Bertz CT molecular complexity index is 1230. The third kappa shape index (κ3) is 12.0. The van der Waals surface area contributed by atoms with E-state index in [9.17, 15) is 24.0 Å². The molecule has 2 rings (SSSR count). The number of anilines is 1. The maximum absolute atomic E-state index is 12.7. The van der Waals surface area contributed by atoms with Crippen LogP contribution in [0.15, 0.2) is 48.5 Å². The summed E-state index contributed by atoms with van der Waals surface area (Å²) in [5.74, 6) is -1.94. The predicted octanol–water partition coefficient (Wildman–Crippen LogP) is 2.95. The topological polar surface area (TPSA) is 184 Å². The van der Waals surface area contributed by atoms with Gasteiger partial charge in [0.2, 0.25) is 5.91 Å². The molecule has 0 unspecified atom stereocenters. The number of benzene rings is 2. The zero-order chi connectivity index (χ0) is 30.8. The van der Waals surface area contributed by atoms with Crippen LogP contribution in [0.2, 0.25) is 0 Å². The summed E-state index contributed by atoms with van der Waals surface area (Å²) in [5, 5.41) is 18.9. The Balaban J connectivity index is 1.95. The van der Waals surface area contributed by atoms with Gasteiger partial charge in [-0.1, -0.05) is 24.3 Å². The highest BCUT2D eigenvalue weighted by Gasteiger charge is 2.24. The predicted molar refractivity (Wildman–Crippen MR) is 150 cm³/mol. The molecule has 2 aromatic carbocycles. The van der Waals surface area contributed by atoms with E-state index in [1.165, 1.54) is 5.48 Å². The molecule has 0 aliphatic rings. The molecule has 0 saturated carbocycles.